The molecule has 6 heteroatoms. The van der Waals surface area contributed by atoms with Gasteiger partial charge in [0.2, 0.25) is 5.89 Å². The van der Waals surface area contributed by atoms with Crippen LogP contribution < -0.4 is 0 Å². The Kier molecular flexibility index (Phi) is 3.48. The van der Waals surface area contributed by atoms with E-state index in [1.165, 1.54) is 31.2 Å². The summed E-state index contributed by atoms with van der Waals surface area (Å²) in [5, 5.41) is 8.57. The van der Waals surface area contributed by atoms with Crippen LogP contribution >= 0.6 is 0 Å². The highest BCUT2D eigenvalue weighted by atomic mass is 16.5. The summed E-state index contributed by atoms with van der Waals surface area (Å²) in [7, 11) is 0. The lowest BCUT2D eigenvalue weighted by Gasteiger charge is -2.28. The standard InChI is InChI=1S/C16H23N5O/c1-11-8-17-20(9-11)10-14-4-3-7-21(14)12(2)16-18-15(19-22-16)13-5-6-13/h8-9,12-14H,3-7,10H2,1-2H3/t12-,14-/m1/s1. The Balaban J connectivity index is 1.46. The van der Waals surface area contributed by atoms with Gasteiger partial charge in [-0.3, -0.25) is 9.58 Å². The fourth-order valence-electron chi connectivity index (χ4n) is 3.41. The lowest BCUT2D eigenvalue weighted by atomic mass is 10.2. The van der Waals surface area contributed by atoms with Crippen molar-refractivity contribution in [2.45, 2.75) is 64.1 Å². The predicted molar refractivity (Wildman–Crippen MR) is 81.4 cm³/mol. The minimum absolute atomic E-state index is 0.184. The lowest BCUT2D eigenvalue weighted by Crippen LogP contribution is -2.35. The van der Waals surface area contributed by atoms with Crippen molar-refractivity contribution in [3.8, 4) is 0 Å². The molecule has 2 fully saturated rings. The smallest absolute Gasteiger partial charge is 0.243 e. The summed E-state index contributed by atoms with van der Waals surface area (Å²) >= 11 is 0. The molecule has 1 aliphatic carbocycles. The van der Waals surface area contributed by atoms with Crippen LogP contribution in [0.2, 0.25) is 0 Å². The first-order valence-electron chi connectivity index (χ1n) is 8.29. The zero-order chi connectivity index (χ0) is 15.1. The molecule has 1 saturated carbocycles. The van der Waals surface area contributed by atoms with Gasteiger partial charge in [0.05, 0.1) is 18.8 Å². The molecule has 4 rings (SSSR count). The number of rotatable bonds is 5. The zero-order valence-corrected chi connectivity index (χ0v) is 13.3. The van der Waals surface area contributed by atoms with Crippen LogP contribution in [0.3, 0.4) is 0 Å². The molecule has 22 heavy (non-hydrogen) atoms. The van der Waals surface area contributed by atoms with E-state index < -0.39 is 0 Å². The fraction of sp³-hybridized carbons (Fsp3) is 0.688. The van der Waals surface area contributed by atoms with Crippen LogP contribution in [-0.2, 0) is 6.54 Å². The van der Waals surface area contributed by atoms with E-state index in [4.69, 9.17) is 4.52 Å². The van der Waals surface area contributed by atoms with Crippen molar-refractivity contribution in [2.75, 3.05) is 6.54 Å². The zero-order valence-electron chi connectivity index (χ0n) is 13.3. The third-order valence-corrected chi connectivity index (χ3v) is 4.84. The van der Waals surface area contributed by atoms with Crippen LogP contribution in [-0.4, -0.2) is 37.4 Å². The van der Waals surface area contributed by atoms with Gasteiger partial charge in [0.25, 0.3) is 0 Å². The minimum Gasteiger partial charge on any atom is -0.338 e. The third-order valence-electron chi connectivity index (χ3n) is 4.84. The van der Waals surface area contributed by atoms with Crippen LogP contribution in [0.5, 0.6) is 0 Å². The van der Waals surface area contributed by atoms with E-state index in [9.17, 15) is 0 Å². The molecule has 0 radical (unpaired) electrons. The summed E-state index contributed by atoms with van der Waals surface area (Å²) in [5.41, 5.74) is 1.21. The molecule has 1 aliphatic heterocycles. The second-order valence-electron chi connectivity index (χ2n) is 6.71. The molecule has 2 aliphatic rings. The van der Waals surface area contributed by atoms with Gasteiger partial charge in [-0.2, -0.15) is 10.1 Å². The average molecular weight is 301 g/mol. The van der Waals surface area contributed by atoms with Crippen molar-refractivity contribution >= 4 is 0 Å². The average Bonchev–Trinajstić information content (AvgIpc) is 2.92. The first-order chi connectivity index (χ1) is 10.7. The van der Waals surface area contributed by atoms with Gasteiger partial charge in [-0.05, 0) is 51.6 Å². The maximum absolute atomic E-state index is 5.52. The quantitative estimate of drug-likeness (QED) is 0.849. The topological polar surface area (TPSA) is 60.0 Å². The first-order valence-corrected chi connectivity index (χ1v) is 8.29. The van der Waals surface area contributed by atoms with Gasteiger partial charge < -0.3 is 4.52 Å². The number of nitrogens with zero attached hydrogens (tertiary/aromatic N) is 5. The molecule has 0 aromatic carbocycles. The fourth-order valence-corrected chi connectivity index (χ4v) is 3.41. The maximum atomic E-state index is 5.52. The molecule has 0 unspecified atom stereocenters. The Labute approximate surface area is 130 Å². The van der Waals surface area contributed by atoms with E-state index in [-0.39, 0.29) is 6.04 Å². The molecular formula is C16H23N5O. The number of hydrogen-bond acceptors (Lipinski definition) is 5. The van der Waals surface area contributed by atoms with Crippen LogP contribution in [0.15, 0.2) is 16.9 Å². The van der Waals surface area contributed by atoms with Gasteiger partial charge >= 0.3 is 0 Å². The minimum atomic E-state index is 0.184. The highest BCUT2D eigenvalue weighted by Gasteiger charge is 2.34. The Morgan fingerprint density at radius 2 is 2.23 bits per heavy atom. The maximum Gasteiger partial charge on any atom is 0.243 e. The molecule has 0 spiro atoms. The Bertz CT molecular complexity index is 645. The Morgan fingerprint density at radius 1 is 1.36 bits per heavy atom. The number of likely N-dealkylation sites (tertiary alicyclic amines) is 1. The number of hydrogen-bond donors (Lipinski definition) is 0. The second-order valence-corrected chi connectivity index (χ2v) is 6.71. The van der Waals surface area contributed by atoms with Crippen LogP contribution in [0, 0.1) is 6.92 Å². The molecule has 3 heterocycles. The summed E-state index contributed by atoms with van der Waals surface area (Å²) < 4.78 is 7.57. The van der Waals surface area contributed by atoms with Crippen molar-refractivity contribution < 1.29 is 4.52 Å². The van der Waals surface area contributed by atoms with E-state index in [0.717, 1.165) is 24.8 Å². The van der Waals surface area contributed by atoms with E-state index in [1.54, 1.807) is 0 Å². The van der Waals surface area contributed by atoms with Crippen molar-refractivity contribution in [1.29, 1.82) is 0 Å². The summed E-state index contributed by atoms with van der Waals surface area (Å²) in [6.45, 7) is 6.28. The summed E-state index contributed by atoms with van der Waals surface area (Å²) in [4.78, 5) is 7.11. The predicted octanol–water partition coefficient (Wildman–Crippen LogP) is 2.68. The van der Waals surface area contributed by atoms with Gasteiger partial charge in [0, 0.05) is 18.2 Å². The third kappa shape index (κ3) is 2.67. The molecule has 6 nitrogen and oxygen atoms in total. The Hall–Kier alpha value is -1.69. The van der Waals surface area contributed by atoms with Crippen LogP contribution in [0.1, 0.15) is 61.8 Å². The largest absolute Gasteiger partial charge is 0.338 e. The molecule has 118 valence electrons. The van der Waals surface area contributed by atoms with Crippen molar-refractivity contribution in [2.24, 2.45) is 0 Å². The lowest BCUT2D eigenvalue weighted by molar-refractivity contribution is 0.144. The van der Waals surface area contributed by atoms with Gasteiger partial charge in [-0.1, -0.05) is 5.16 Å². The number of aryl methyl sites for hydroxylation is 1. The van der Waals surface area contributed by atoms with E-state index in [2.05, 4.69) is 44.9 Å². The Morgan fingerprint density at radius 3 is 2.95 bits per heavy atom. The highest BCUT2D eigenvalue weighted by Crippen LogP contribution is 2.39. The van der Waals surface area contributed by atoms with Crippen LogP contribution in [0.4, 0.5) is 0 Å². The van der Waals surface area contributed by atoms with Crippen molar-refractivity contribution in [3.05, 3.63) is 29.7 Å². The van der Waals surface area contributed by atoms with Gasteiger partial charge in [0.15, 0.2) is 5.82 Å². The molecule has 2 atom stereocenters. The van der Waals surface area contributed by atoms with E-state index in [1.807, 2.05) is 6.20 Å². The summed E-state index contributed by atoms with van der Waals surface area (Å²) in [6.07, 6.45) is 8.87. The highest BCUT2D eigenvalue weighted by molar-refractivity contribution is 5.05. The van der Waals surface area contributed by atoms with Gasteiger partial charge in [-0.25, -0.2) is 0 Å². The van der Waals surface area contributed by atoms with Gasteiger partial charge in [-0.15, -0.1) is 0 Å². The summed E-state index contributed by atoms with van der Waals surface area (Å²) in [6, 6.07) is 0.676. The summed E-state index contributed by atoms with van der Waals surface area (Å²) in [5.74, 6) is 2.22. The molecule has 0 amide bonds. The molecule has 0 N–H and O–H groups in total. The SMILES string of the molecule is Cc1cnn(C[C@H]2CCCN2[C@H](C)c2nc(C3CC3)no2)c1. The monoisotopic (exact) mass is 301 g/mol. The molecule has 1 saturated heterocycles. The van der Waals surface area contributed by atoms with E-state index in [0.29, 0.717) is 12.0 Å². The van der Waals surface area contributed by atoms with Crippen LogP contribution in [0.25, 0.3) is 0 Å². The normalized spacial score (nSPS) is 24.0. The molecule has 0 bridgehead atoms. The first kappa shape index (κ1) is 13.9. The van der Waals surface area contributed by atoms with Crippen molar-refractivity contribution in [1.82, 2.24) is 24.8 Å². The second kappa shape index (κ2) is 5.50. The molecular weight excluding hydrogens is 278 g/mol. The molecule has 2 aromatic heterocycles. The van der Waals surface area contributed by atoms with E-state index >= 15 is 0 Å². The molecule has 2 aromatic rings. The van der Waals surface area contributed by atoms with Gasteiger partial charge in [0.1, 0.15) is 0 Å². The van der Waals surface area contributed by atoms with Crippen molar-refractivity contribution in [3.63, 3.8) is 0 Å². The number of aromatic nitrogens is 4.